The van der Waals surface area contributed by atoms with Gasteiger partial charge >= 0.3 is 0 Å². The van der Waals surface area contributed by atoms with E-state index in [2.05, 4.69) is 19.2 Å². The second-order valence-corrected chi connectivity index (χ2v) is 6.14. The summed E-state index contributed by atoms with van der Waals surface area (Å²) in [6.07, 6.45) is 1.33. The number of amides is 1. The summed E-state index contributed by atoms with van der Waals surface area (Å²) in [5, 5.41) is 3.15. The summed E-state index contributed by atoms with van der Waals surface area (Å²) in [4.78, 5) is 12.3. The van der Waals surface area contributed by atoms with E-state index >= 15 is 0 Å². The number of hydrogen-bond acceptors (Lipinski definition) is 3. The summed E-state index contributed by atoms with van der Waals surface area (Å²) in [5.41, 5.74) is 6.96. The average Bonchev–Trinajstić information content (AvgIpc) is 2.82. The van der Waals surface area contributed by atoms with Crippen molar-refractivity contribution in [3.05, 3.63) is 29.8 Å². The Kier molecular flexibility index (Phi) is 2.78. The largest absolute Gasteiger partial charge is 0.399 e. The molecule has 1 saturated heterocycles. The third kappa shape index (κ3) is 1.91. The zero-order chi connectivity index (χ0) is 13.6. The summed E-state index contributed by atoms with van der Waals surface area (Å²) in [7, 11) is 0. The first-order chi connectivity index (χ1) is 9.00. The number of carbonyl (C=O) groups is 1. The number of nitrogens with two attached hydrogens (primary N) is 1. The fourth-order valence-corrected chi connectivity index (χ4v) is 3.52. The Balaban J connectivity index is 1.73. The van der Waals surface area contributed by atoms with E-state index in [1.807, 2.05) is 0 Å². The molecule has 1 heterocycles. The van der Waals surface area contributed by atoms with E-state index in [0.717, 1.165) is 13.0 Å². The van der Waals surface area contributed by atoms with Gasteiger partial charge in [0.1, 0.15) is 0 Å². The standard InChI is InChI=1S/C15H20N2O2/c1-15(2)12(11-6-7-19-13(11)15)17-14(18)9-4-3-5-10(16)8-9/h3-5,8,11-13H,6-7,16H2,1-2H3,(H,17,18). The van der Waals surface area contributed by atoms with Crippen molar-refractivity contribution in [3.8, 4) is 0 Å². The molecule has 3 rings (SSSR count). The maximum absolute atomic E-state index is 12.3. The Morgan fingerprint density at radius 3 is 3.00 bits per heavy atom. The predicted octanol–water partition coefficient (Wildman–Crippen LogP) is 1.81. The second kappa shape index (κ2) is 4.23. The number of anilines is 1. The molecule has 3 N–H and O–H groups in total. The molecule has 3 unspecified atom stereocenters. The van der Waals surface area contributed by atoms with Gasteiger partial charge in [-0.1, -0.05) is 19.9 Å². The van der Waals surface area contributed by atoms with Gasteiger partial charge in [-0.05, 0) is 24.6 Å². The molecular formula is C15H20N2O2. The van der Waals surface area contributed by atoms with Crippen LogP contribution in [0.2, 0.25) is 0 Å². The van der Waals surface area contributed by atoms with E-state index in [1.165, 1.54) is 0 Å². The maximum atomic E-state index is 12.3. The van der Waals surface area contributed by atoms with Crippen molar-refractivity contribution in [3.63, 3.8) is 0 Å². The molecule has 1 saturated carbocycles. The number of hydrogen-bond donors (Lipinski definition) is 2. The van der Waals surface area contributed by atoms with Gasteiger partial charge in [0, 0.05) is 35.2 Å². The summed E-state index contributed by atoms with van der Waals surface area (Å²) < 4.78 is 5.73. The van der Waals surface area contributed by atoms with Gasteiger partial charge in [0.15, 0.2) is 0 Å². The quantitative estimate of drug-likeness (QED) is 0.797. The van der Waals surface area contributed by atoms with Gasteiger partial charge < -0.3 is 15.8 Å². The Hall–Kier alpha value is -1.55. The molecule has 1 aliphatic heterocycles. The summed E-state index contributed by atoms with van der Waals surface area (Å²) in [6.45, 7) is 5.12. The highest BCUT2D eigenvalue weighted by Gasteiger charge is 2.59. The Morgan fingerprint density at radius 2 is 2.26 bits per heavy atom. The average molecular weight is 260 g/mol. The molecule has 0 spiro atoms. The Bertz CT molecular complexity index is 513. The third-order valence-corrected chi connectivity index (χ3v) is 4.54. The van der Waals surface area contributed by atoms with Crippen molar-refractivity contribution in [2.75, 3.05) is 12.3 Å². The van der Waals surface area contributed by atoms with Crippen molar-refractivity contribution < 1.29 is 9.53 Å². The van der Waals surface area contributed by atoms with Crippen molar-refractivity contribution >= 4 is 11.6 Å². The number of benzene rings is 1. The number of rotatable bonds is 2. The van der Waals surface area contributed by atoms with Crippen LogP contribution in [0.15, 0.2) is 24.3 Å². The molecule has 102 valence electrons. The van der Waals surface area contributed by atoms with Crippen molar-refractivity contribution in [2.45, 2.75) is 32.4 Å². The van der Waals surface area contributed by atoms with E-state index in [0.29, 0.717) is 23.3 Å². The molecule has 3 atom stereocenters. The number of carbonyl (C=O) groups excluding carboxylic acids is 1. The van der Waals surface area contributed by atoms with Gasteiger partial charge in [-0.25, -0.2) is 0 Å². The zero-order valence-electron chi connectivity index (χ0n) is 11.3. The number of nitrogen functional groups attached to an aromatic ring is 1. The predicted molar refractivity (Wildman–Crippen MR) is 73.7 cm³/mol. The van der Waals surface area contributed by atoms with Crippen LogP contribution in [-0.4, -0.2) is 24.7 Å². The third-order valence-electron chi connectivity index (χ3n) is 4.54. The van der Waals surface area contributed by atoms with Gasteiger partial charge in [-0.15, -0.1) is 0 Å². The summed E-state index contributed by atoms with van der Waals surface area (Å²) in [6, 6.07) is 7.28. The molecule has 2 fully saturated rings. The maximum Gasteiger partial charge on any atom is 0.251 e. The lowest BCUT2D eigenvalue weighted by Gasteiger charge is -2.54. The first-order valence-corrected chi connectivity index (χ1v) is 6.78. The van der Waals surface area contributed by atoms with Crippen molar-refractivity contribution in [1.29, 1.82) is 0 Å². The van der Waals surface area contributed by atoms with Crippen LogP contribution in [0.5, 0.6) is 0 Å². The number of ether oxygens (including phenoxy) is 1. The lowest BCUT2D eigenvalue weighted by atomic mass is 9.57. The van der Waals surface area contributed by atoms with E-state index in [9.17, 15) is 4.79 Å². The van der Waals surface area contributed by atoms with E-state index in [4.69, 9.17) is 10.5 Å². The highest BCUT2D eigenvalue weighted by molar-refractivity contribution is 5.95. The van der Waals surface area contributed by atoms with Crippen LogP contribution in [0.25, 0.3) is 0 Å². The molecule has 0 aromatic heterocycles. The normalized spacial score (nSPS) is 31.4. The highest BCUT2D eigenvalue weighted by atomic mass is 16.5. The topological polar surface area (TPSA) is 64.4 Å². The lowest BCUT2D eigenvalue weighted by molar-refractivity contribution is -0.108. The number of fused-ring (bicyclic) bond motifs is 1. The van der Waals surface area contributed by atoms with Crippen LogP contribution >= 0.6 is 0 Å². The smallest absolute Gasteiger partial charge is 0.251 e. The molecule has 0 radical (unpaired) electrons. The molecule has 1 aliphatic carbocycles. The first-order valence-electron chi connectivity index (χ1n) is 6.78. The van der Waals surface area contributed by atoms with Crippen LogP contribution in [0.4, 0.5) is 5.69 Å². The molecular weight excluding hydrogens is 240 g/mol. The van der Waals surface area contributed by atoms with Crippen LogP contribution in [0.3, 0.4) is 0 Å². The van der Waals surface area contributed by atoms with Gasteiger partial charge in [0.05, 0.1) is 6.10 Å². The Labute approximate surface area is 113 Å². The fourth-order valence-electron chi connectivity index (χ4n) is 3.52. The SMILES string of the molecule is CC1(C)C(NC(=O)c2cccc(N)c2)C2CCOC21. The molecule has 2 aliphatic rings. The van der Waals surface area contributed by atoms with Crippen LogP contribution < -0.4 is 11.1 Å². The van der Waals surface area contributed by atoms with Crippen LogP contribution in [0, 0.1) is 11.3 Å². The Morgan fingerprint density at radius 1 is 1.47 bits per heavy atom. The van der Waals surface area contributed by atoms with Gasteiger partial charge in [-0.2, -0.15) is 0 Å². The summed E-state index contributed by atoms with van der Waals surface area (Å²) >= 11 is 0. The highest BCUT2D eigenvalue weighted by Crippen LogP contribution is 2.52. The fraction of sp³-hybridized carbons (Fsp3) is 0.533. The van der Waals surface area contributed by atoms with E-state index < -0.39 is 0 Å². The summed E-state index contributed by atoms with van der Waals surface area (Å²) in [5.74, 6) is 0.413. The van der Waals surface area contributed by atoms with Crippen LogP contribution in [-0.2, 0) is 4.74 Å². The van der Waals surface area contributed by atoms with Gasteiger partial charge in [0.25, 0.3) is 5.91 Å². The molecule has 1 aromatic rings. The minimum absolute atomic E-state index is 0.0111. The van der Waals surface area contributed by atoms with Crippen molar-refractivity contribution in [1.82, 2.24) is 5.32 Å². The monoisotopic (exact) mass is 260 g/mol. The number of nitrogens with one attached hydrogen (secondary N) is 1. The molecule has 1 amide bonds. The molecule has 4 heteroatoms. The minimum atomic E-state index is -0.0456. The van der Waals surface area contributed by atoms with Crippen molar-refractivity contribution in [2.24, 2.45) is 11.3 Å². The van der Waals surface area contributed by atoms with Gasteiger partial charge in [-0.3, -0.25) is 4.79 Å². The molecule has 4 nitrogen and oxygen atoms in total. The van der Waals surface area contributed by atoms with Crippen LogP contribution in [0.1, 0.15) is 30.6 Å². The first kappa shape index (κ1) is 12.5. The lowest BCUT2D eigenvalue weighted by Crippen LogP contribution is -2.66. The minimum Gasteiger partial charge on any atom is -0.399 e. The van der Waals surface area contributed by atoms with E-state index in [-0.39, 0.29) is 17.4 Å². The molecule has 0 bridgehead atoms. The van der Waals surface area contributed by atoms with E-state index in [1.54, 1.807) is 24.3 Å². The molecule has 1 aromatic carbocycles. The zero-order valence-corrected chi connectivity index (χ0v) is 11.3. The van der Waals surface area contributed by atoms with Gasteiger partial charge in [0.2, 0.25) is 0 Å². The second-order valence-electron chi connectivity index (χ2n) is 6.14. The molecule has 19 heavy (non-hydrogen) atoms.